The number of benzene rings is 2. The third kappa shape index (κ3) is 9.96. The molecule has 2 aromatic carbocycles. The van der Waals surface area contributed by atoms with Crippen molar-refractivity contribution in [2.45, 2.75) is 90.3 Å². The average Bonchev–Trinajstić information content (AvgIpc) is 3.92. The molecule has 0 bridgehead atoms. The molecule has 3 aromatic heterocycles. The van der Waals surface area contributed by atoms with Crippen molar-refractivity contribution in [3.8, 4) is 11.3 Å². The summed E-state index contributed by atoms with van der Waals surface area (Å²) < 4.78 is 75.7. The van der Waals surface area contributed by atoms with Crippen LogP contribution in [0.3, 0.4) is 0 Å². The van der Waals surface area contributed by atoms with Crippen LogP contribution >= 0.6 is 0 Å². The van der Waals surface area contributed by atoms with Gasteiger partial charge in [0.2, 0.25) is 5.89 Å². The number of carbonyl (C=O) groups is 1. The zero-order valence-corrected chi connectivity index (χ0v) is 29.6. The van der Waals surface area contributed by atoms with Crippen LogP contribution in [0.25, 0.3) is 23.0 Å². The Kier molecular flexibility index (Phi) is 12.5. The molecule has 6 rings (SSSR count). The van der Waals surface area contributed by atoms with Crippen LogP contribution in [0.5, 0.6) is 0 Å². The Hall–Kier alpha value is -5.34. The zero-order chi connectivity index (χ0) is 38.2. The molecule has 1 aliphatic carbocycles. The summed E-state index contributed by atoms with van der Waals surface area (Å²) in [6.07, 6.45) is 10.3. The fourth-order valence-corrected chi connectivity index (χ4v) is 5.90. The number of alkyl halides is 5. The first-order chi connectivity index (χ1) is 25.3. The minimum Gasteiger partial charge on any atom is -0.476 e. The van der Waals surface area contributed by atoms with Gasteiger partial charge in [0, 0.05) is 31.5 Å². The molecule has 0 saturated heterocycles. The van der Waals surface area contributed by atoms with E-state index in [2.05, 4.69) is 32.4 Å². The first-order valence-electron chi connectivity index (χ1n) is 17.4. The highest BCUT2D eigenvalue weighted by atomic mass is 19.4. The number of hydrogen-bond acceptors (Lipinski definition) is 8. The van der Waals surface area contributed by atoms with Crippen molar-refractivity contribution in [2.75, 3.05) is 11.9 Å². The molecule has 282 valence electrons. The van der Waals surface area contributed by atoms with Crippen molar-refractivity contribution < 1.29 is 40.7 Å². The smallest absolute Gasteiger partial charge is 0.416 e. The van der Waals surface area contributed by atoms with Crippen molar-refractivity contribution in [3.63, 3.8) is 0 Å². The van der Waals surface area contributed by atoms with Crippen LogP contribution in [0.4, 0.5) is 27.8 Å². The van der Waals surface area contributed by atoms with Gasteiger partial charge in [-0.3, -0.25) is 0 Å². The van der Waals surface area contributed by atoms with Gasteiger partial charge in [-0.2, -0.15) is 31.8 Å². The number of halogens is 5. The second-order valence-electron chi connectivity index (χ2n) is 12.8. The molecule has 10 nitrogen and oxygen atoms in total. The van der Waals surface area contributed by atoms with E-state index in [0.717, 1.165) is 49.4 Å². The predicted molar refractivity (Wildman–Crippen MR) is 188 cm³/mol. The van der Waals surface area contributed by atoms with Crippen LogP contribution in [0.15, 0.2) is 69.8 Å². The summed E-state index contributed by atoms with van der Waals surface area (Å²) in [5, 5.41) is 21.4. The SMILES string of the molecule is CCCCCCCCCCNc1cnn(C2C(c3nc(C(C)(F)F)co3)=Cc3ccccc32)n1.Cc1nc(C(=O)O)c(-c2cccc(C(F)(F)F)c2)o1. The first-order valence-corrected chi connectivity index (χ1v) is 17.4. The number of unbranched alkanes of at least 4 members (excludes halogenated alkanes) is 7. The Morgan fingerprint density at radius 2 is 1.68 bits per heavy atom. The molecule has 15 heteroatoms. The maximum atomic E-state index is 13.7. The van der Waals surface area contributed by atoms with E-state index < -0.39 is 35.4 Å². The normalized spacial score (nSPS) is 14.0. The highest BCUT2D eigenvalue weighted by Gasteiger charge is 2.35. The largest absolute Gasteiger partial charge is 0.476 e. The zero-order valence-electron chi connectivity index (χ0n) is 29.6. The summed E-state index contributed by atoms with van der Waals surface area (Å²) >= 11 is 0. The van der Waals surface area contributed by atoms with E-state index in [1.807, 2.05) is 30.3 Å². The lowest BCUT2D eigenvalue weighted by Crippen LogP contribution is -2.15. The summed E-state index contributed by atoms with van der Waals surface area (Å²) in [6, 6.07) is 11.7. The van der Waals surface area contributed by atoms with Crippen molar-refractivity contribution >= 4 is 23.4 Å². The maximum absolute atomic E-state index is 13.7. The minimum absolute atomic E-state index is 0.0211. The number of aryl methyl sites for hydroxylation is 1. The number of rotatable bonds is 15. The Labute approximate surface area is 303 Å². The van der Waals surface area contributed by atoms with Gasteiger partial charge in [0.15, 0.2) is 23.2 Å². The van der Waals surface area contributed by atoms with Gasteiger partial charge >= 0.3 is 12.1 Å². The van der Waals surface area contributed by atoms with Crippen LogP contribution in [0, 0.1) is 6.92 Å². The second kappa shape index (κ2) is 17.0. The van der Waals surface area contributed by atoms with Gasteiger partial charge < -0.3 is 19.3 Å². The third-order valence-electron chi connectivity index (χ3n) is 8.56. The fraction of sp³-hybridized carbons (Fsp3) is 0.395. The summed E-state index contributed by atoms with van der Waals surface area (Å²) in [4.78, 5) is 20.2. The van der Waals surface area contributed by atoms with Crippen molar-refractivity contribution in [1.82, 2.24) is 25.0 Å². The number of carboxylic acid groups (broad SMARTS) is 1. The fourth-order valence-electron chi connectivity index (χ4n) is 5.90. The standard InChI is InChI=1S/C26H33F2N5O.C12H8F3NO3/c1-3-4-5-6-7-8-9-12-15-29-23-17-30-33(32-23)24-20-14-11-10-13-19(20)16-21(24)25-31-22(18-34-25)26(2,27)28;1-6-16-9(11(17)18)10(19-6)7-3-2-4-8(5-7)12(13,14)15/h10-11,13-14,16-18,24H,3-9,12,15H2,1-2H3,(H,29,32);2-5H,1H3,(H,17,18). The van der Waals surface area contributed by atoms with Gasteiger partial charge in [-0.15, -0.1) is 5.10 Å². The summed E-state index contributed by atoms with van der Waals surface area (Å²) in [5.74, 6) is -3.69. The molecule has 5 aromatic rings. The van der Waals surface area contributed by atoms with Crippen molar-refractivity contribution in [3.05, 3.63) is 101 Å². The number of hydrogen-bond donors (Lipinski definition) is 2. The summed E-state index contributed by atoms with van der Waals surface area (Å²) in [7, 11) is 0. The van der Waals surface area contributed by atoms with Crippen LogP contribution in [-0.4, -0.2) is 42.6 Å². The molecule has 1 atom stereocenters. The van der Waals surface area contributed by atoms with Gasteiger partial charge in [-0.1, -0.05) is 88.3 Å². The lowest BCUT2D eigenvalue weighted by Gasteiger charge is -2.14. The molecular formula is C38H41F5N6O4. The number of allylic oxidation sites excluding steroid dienone is 1. The van der Waals surface area contributed by atoms with E-state index in [1.165, 1.54) is 64.0 Å². The molecular weight excluding hydrogens is 699 g/mol. The molecule has 0 fully saturated rings. The van der Waals surface area contributed by atoms with Gasteiger partial charge in [0.05, 0.1) is 11.8 Å². The predicted octanol–water partition coefficient (Wildman–Crippen LogP) is 10.4. The minimum atomic E-state index is -4.51. The molecule has 53 heavy (non-hydrogen) atoms. The highest BCUT2D eigenvalue weighted by molar-refractivity contribution is 5.92. The number of aromatic carboxylic acids is 1. The molecule has 0 spiro atoms. The molecule has 0 radical (unpaired) electrons. The van der Waals surface area contributed by atoms with E-state index in [4.69, 9.17) is 13.9 Å². The van der Waals surface area contributed by atoms with E-state index >= 15 is 0 Å². The molecule has 1 unspecified atom stereocenters. The topological polar surface area (TPSA) is 132 Å². The van der Waals surface area contributed by atoms with Crippen molar-refractivity contribution in [1.29, 1.82) is 0 Å². The van der Waals surface area contributed by atoms with Crippen molar-refractivity contribution in [2.24, 2.45) is 0 Å². The second-order valence-corrected chi connectivity index (χ2v) is 12.8. The Bertz CT molecular complexity index is 2010. The first kappa shape index (κ1) is 38.9. The maximum Gasteiger partial charge on any atom is 0.416 e. The van der Waals surface area contributed by atoms with E-state index in [9.17, 15) is 26.7 Å². The molecule has 0 saturated carbocycles. The van der Waals surface area contributed by atoms with Gasteiger partial charge in [0.1, 0.15) is 18.0 Å². The van der Waals surface area contributed by atoms with E-state index in [-0.39, 0.29) is 28.8 Å². The number of aromatic nitrogens is 5. The monoisotopic (exact) mass is 740 g/mol. The number of fused-ring (bicyclic) bond motifs is 1. The molecule has 2 N–H and O–H groups in total. The summed E-state index contributed by atoms with van der Waals surface area (Å²) in [5.41, 5.74) is 0.947. The van der Waals surface area contributed by atoms with Gasteiger partial charge in [-0.05, 0) is 35.8 Å². The number of nitrogens with zero attached hydrogens (tertiary/aromatic N) is 5. The molecule has 3 heterocycles. The Morgan fingerprint density at radius 1 is 0.962 bits per heavy atom. The van der Waals surface area contributed by atoms with Crippen LogP contribution in [0.1, 0.15) is 116 Å². The quantitative estimate of drug-likeness (QED) is 0.0795. The van der Waals surface area contributed by atoms with Crippen LogP contribution < -0.4 is 5.32 Å². The summed E-state index contributed by atoms with van der Waals surface area (Å²) in [6.45, 7) is 5.31. The lowest BCUT2D eigenvalue weighted by molar-refractivity contribution is -0.137. The third-order valence-corrected chi connectivity index (χ3v) is 8.56. The van der Waals surface area contributed by atoms with Gasteiger partial charge in [0.25, 0.3) is 5.92 Å². The van der Waals surface area contributed by atoms with E-state index in [1.54, 1.807) is 11.0 Å². The van der Waals surface area contributed by atoms with E-state index in [0.29, 0.717) is 11.4 Å². The molecule has 0 amide bonds. The number of anilines is 1. The molecule has 0 aliphatic heterocycles. The highest BCUT2D eigenvalue weighted by Crippen LogP contribution is 2.42. The van der Waals surface area contributed by atoms with Gasteiger partial charge in [-0.25, -0.2) is 14.8 Å². The lowest BCUT2D eigenvalue weighted by atomic mass is 10.0. The average molecular weight is 741 g/mol. The Balaban J connectivity index is 0.000000241. The number of oxazole rings is 2. The van der Waals surface area contributed by atoms with Crippen LogP contribution in [0.2, 0.25) is 0 Å². The Morgan fingerprint density at radius 3 is 2.36 bits per heavy atom. The number of nitrogens with one attached hydrogen (secondary N) is 1. The van der Waals surface area contributed by atoms with Crippen LogP contribution in [-0.2, 0) is 12.1 Å². The molecule has 1 aliphatic rings. The number of carboxylic acids is 1.